The van der Waals surface area contributed by atoms with Gasteiger partial charge in [0.25, 0.3) is 0 Å². The van der Waals surface area contributed by atoms with Gasteiger partial charge in [0.1, 0.15) is 0 Å². The van der Waals surface area contributed by atoms with Gasteiger partial charge in [0.15, 0.2) is 0 Å². The maximum atomic E-state index is 11.7. The minimum absolute atomic E-state index is 0.0368. The lowest BCUT2D eigenvalue weighted by molar-refractivity contribution is 0.301. The summed E-state index contributed by atoms with van der Waals surface area (Å²) in [5, 5.41) is 8.59. The van der Waals surface area contributed by atoms with E-state index in [1.165, 1.54) is 0 Å². The molecular formula is C10H15NO3S2. The van der Waals surface area contributed by atoms with E-state index in [-0.39, 0.29) is 18.0 Å². The van der Waals surface area contributed by atoms with Crippen LogP contribution in [0, 0.1) is 0 Å². The van der Waals surface area contributed by atoms with Crippen molar-refractivity contribution in [3.63, 3.8) is 0 Å². The largest absolute Gasteiger partial charge is 0.395 e. The molecule has 0 saturated heterocycles. The summed E-state index contributed by atoms with van der Waals surface area (Å²) in [4.78, 5) is 0.243. The van der Waals surface area contributed by atoms with Gasteiger partial charge in [-0.1, -0.05) is 12.1 Å². The first-order chi connectivity index (χ1) is 7.60. The Morgan fingerprint density at radius 3 is 2.81 bits per heavy atom. The molecule has 0 atom stereocenters. The molecule has 0 saturated carbocycles. The Balaban J connectivity index is 2.90. The highest BCUT2D eigenvalue weighted by atomic mass is 32.2. The van der Waals surface area contributed by atoms with E-state index in [0.29, 0.717) is 0 Å². The molecular weight excluding hydrogens is 246 g/mol. The van der Waals surface area contributed by atoms with E-state index >= 15 is 0 Å². The van der Waals surface area contributed by atoms with E-state index < -0.39 is 10.0 Å². The van der Waals surface area contributed by atoms with Crippen LogP contribution in [0.5, 0.6) is 0 Å². The molecule has 0 bridgehead atoms. The van der Waals surface area contributed by atoms with Crippen molar-refractivity contribution in [1.82, 2.24) is 4.72 Å². The van der Waals surface area contributed by atoms with E-state index in [4.69, 9.17) is 5.11 Å². The average molecular weight is 261 g/mol. The van der Waals surface area contributed by atoms with Crippen molar-refractivity contribution in [2.24, 2.45) is 0 Å². The first kappa shape index (κ1) is 13.5. The van der Waals surface area contributed by atoms with Gasteiger partial charge in [-0.05, 0) is 24.0 Å². The predicted octanol–water partition coefficient (Wildman–Crippen LogP) is 0.820. The zero-order chi connectivity index (χ0) is 12.0. The van der Waals surface area contributed by atoms with E-state index in [9.17, 15) is 8.42 Å². The van der Waals surface area contributed by atoms with Crippen LogP contribution in [0.15, 0.2) is 29.2 Å². The number of rotatable bonds is 6. The van der Waals surface area contributed by atoms with Crippen LogP contribution < -0.4 is 4.72 Å². The quantitative estimate of drug-likeness (QED) is 0.795. The van der Waals surface area contributed by atoms with Crippen molar-refractivity contribution in [2.45, 2.75) is 10.6 Å². The zero-order valence-electron chi connectivity index (χ0n) is 9.01. The van der Waals surface area contributed by atoms with Gasteiger partial charge in [0.05, 0.1) is 11.5 Å². The highest BCUT2D eigenvalue weighted by molar-refractivity contribution is 7.97. The van der Waals surface area contributed by atoms with Gasteiger partial charge in [0.2, 0.25) is 10.0 Å². The molecule has 0 aliphatic carbocycles. The maximum Gasteiger partial charge on any atom is 0.240 e. The third kappa shape index (κ3) is 3.79. The second-order valence-corrected chi connectivity index (χ2v) is 5.83. The number of nitrogens with one attached hydrogen (secondary N) is 1. The van der Waals surface area contributed by atoms with Crippen LogP contribution in [-0.4, -0.2) is 32.9 Å². The molecule has 0 aromatic heterocycles. The molecule has 0 radical (unpaired) electrons. The number of thioether (sulfide) groups is 1. The smallest absolute Gasteiger partial charge is 0.240 e. The van der Waals surface area contributed by atoms with Crippen molar-refractivity contribution in [3.8, 4) is 0 Å². The summed E-state index contributed by atoms with van der Waals surface area (Å²) in [6.07, 6.45) is 1.96. The van der Waals surface area contributed by atoms with Crippen LogP contribution in [-0.2, 0) is 15.8 Å². The summed E-state index contributed by atoms with van der Waals surface area (Å²) < 4.78 is 25.7. The molecule has 0 heterocycles. The Labute approximate surface area is 100 Å². The fourth-order valence-electron chi connectivity index (χ4n) is 1.23. The van der Waals surface area contributed by atoms with Gasteiger partial charge in [-0.25, -0.2) is 13.1 Å². The molecule has 1 aromatic carbocycles. The highest BCUT2D eigenvalue weighted by Gasteiger charge is 2.12. The molecule has 0 unspecified atom stereocenters. The molecule has 90 valence electrons. The predicted molar refractivity (Wildman–Crippen MR) is 65.9 cm³/mol. The van der Waals surface area contributed by atoms with Gasteiger partial charge in [-0.2, -0.15) is 11.8 Å². The van der Waals surface area contributed by atoms with Gasteiger partial charge in [0, 0.05) is 12.3 Å². The number of sulfonamides is 1. The Morgan fingerprint density at radius 1 is 1.44 bits per heavy atom. The highest BCUT2D eigenvalue weighted by Crippen LogP contribution is 2.14. The average Bonchev–Trinajstić information content (AvgIpc) is 2.27. The minimum atomic E-state index is -3.48. The second-order valence-electron chi connectivity index (χ2n) is 3.20. The number of aliphatic hydroxyl groups is 1. The molecule has 1 aromatic rings. The monoisotopic (exact) mass is 261 g/mol. The minimum Gasteiger partial charge on any atom is -0.395 e. The van der Waals surface area contributed by atoms with Crippen LogP contribution in [0.3, 0.4) is 0 Å². The second kappa shape index (κ2) is 6.24. The lowest BCUT2D eigenvalue weighted by Gasteiger charge is -2.06. The summed E-state index contributed by atoms with van der Waals surface area (Å²) in [6.45, 7) is -0.168. The lowest BCUT2D eigenvalue weighted by atomic mass is 10.2. The van der Waals surface area contributed by atoms with E-state index in [1.54, 1.807) is 30.0 Å². The molecule has 0 amide bonds. The molecule has 2 N–H and O–H groups in total. The molecule has 0 aliphatic heterocycles. The molecule has 16 heavy (non-hydrogen) atoms. The molecule has 6 heteroatoms. The summed E-state index contributed by atoms with van der Waals surface area (Å²) in [5.41, 5.74) is 0.972. The molecule has 0 fully saturated rings. The summed E-state index contributed by atoms with van der Waals surface area (Å²) in [7, 11) is -3.48. The Bertz CT molecular complexity index is 431. The Hall–Kier alpha value is -0.560. The van der Waals surface area contributed by atoms with Crippen LogP contribution in [0.25, 0.3) is 0 Å². The van der Waals surface area contributed by atoms with Gasteiger partial charge in [-0.3, -0.25) is 0 Å². The van der Waals surface area contributed by atoms with Crippen molar-refractivity contribution < 1.29 is 13.5 Å². The van der Waals surface area contributed by atoms with E-state index in [0.717, 1.165) is 11.3 Å². The first-order valence-corrected chi connectivity index (χ1v) is 7.66. The van der Waals surface area contributed by atoms with Crippen LogP contribution in [0.1, 0.15) is 5.56 Å². The number of aliphatic hydroxyl groups excluding tert-OH is 1. The van der Waals surface area contributed by atoms with Crippen molar-refractivity contribution in [3.05, 3.63) is 29.8 Å². The number of hydrogen-bond donors (Lipinski definition) is 2. The SMILES string of the molecule is CSCc1cccc(S(=O)(=O)NCCO)c1. The molecule has 0 aliphatic rings. The van der Waals surface area contributed by atoms with Crippen LogP contribution in [0.2, 0.25) is 0 Å². The van der Waals surface area contributed by atoms with Gasteiger partial charge in [-0.15, -0.1) is 0 Å². The maximum absolute atomic E-state index is 11.7. The van der Waals surface area contributed by atoms with Gasteiger partial charge >= 0.3 is 0 Å². The molecule has 4 nitrogen and oxygen atoms in total. The Morgan fingerprint density at radius 2 is 2.19 bits per heavy atom. The zero-order valence-corrected chi connectivity index (χ0v) is 10.6. The van der Waals surface area contributed by atoms with E-state index in [1.807, 2.05) is 12.3 Å². The fourth-order valence-corrected chi connectivity index (χ4v) is 2.84. The van der Waals surface area contributed by atoms with Crippen molar-refractivity contribution in [1.29, 1.82) is 0 Å². The van der Waals surface area contributed by atoms with Gasteiger partial charge < -0.3 is 5.11 Å². The normalized spacial score (nSPS) is 11.6. The summed E-state index contributed by atoms with van der Waals surface area (Å²) >= 11 is 1.64. The van der Waals surface area contributed by atoms with Crippen LogP contribution in [0.4, 0.5) is 0 Å². The summed E-state index contributed by atoms with van der Waals surface area (Å²) in [5.74, 6) is 0.781. The topological polar surface area (TPSA) is 66.4 Å². The number of benzene rings is 1. The third-order valence-electron chi connectivity index (χ3n) is 1.92. The first-order valence-electron chi connectivity index (χ1n) is 4.78. The lowest BCUT2D eigenvalue weighted by Crippen LogP contribution is -2.26. The Kier molecular flexibility index (Phi) is 5.27. The fraction of sp³-hybridized carbons (Fsp3) is 0.400. The standard InChI is InChI=1S/C10H15NO3S2/c1-15-8-9-3-2-4-10(7-9)16(13,14)11-5-6-12/h2-4,7,11-12H,5-6,8H2,1H3. The van der Waals surface area contributed by atoms with Crippen LogP contribution >= 0.6 is 11.8 Å². The number of hydrogen-bond acceptors (Lipinski definition) is 4. The van der Waals surface area contributed by atoms with Crippen molar-refractivity contribution in [2.75, 3.05) is 19.4 Å². The third-order valence-corrected chi connectivity index (χ3v) is 4.00. The van der Waals surface area contributed by atoms with E-state index in [2.05, 4.69) is 4.72 Å². The van der Waals surface area contributed by atoms with Crippen molar-refractivity contribution >= 4 is 21.8 Å². The molecule has 0 spiro atoms. The summed E-state index contributed by atoms with van der Waals surface area (Å²) in [6, 6.07) is 6.81. The molecule has 1 rings (SSSR count).